The Morgan fingerprint density at radius 3 is 3.07 bits per heavy atom. The number of carbonyl (C=O) groups is 1. The Morgan fingerprint density at radius 1 is 1.64 bits per heavy atom. The molecular weight excluding hydrogens is 200 g/mol. The van der Waals surface area contributed by atoms with Crippen molar-refractivity contribution < 1.29 is 4.79 Å². The lowest BCUT2D eigenvalue weighted by Crippen LogP contribution is -2.40. The topological polar surface area (TPSA) is 70.4 Å². The number of likely N-dealkylation sites (tertiary alicyclic amines) is 1. The summed E-state index contributed by atoms with van der Waals surface area (Å²) in [5, 5.41) is 2.84. The van der Waals surface area contributed by atoms with E-state index in [9.17, 15) is 4.79 Å². The van der Waals surface area contributed by atoms with Crippen molar-refractivity contribution in [3.8, 4) is 0 Å². The summed E-state index contributed by atoms with van der Waals surface area (Å²) < 4.78 is 2.26. The van der Waals surface area contributed by atoms with Crippen molar-refractivity contribution in [3.05, 3.63) is 0 Å². The smallest absolute Gasteiger partial charge is 0.324 e. The summed E-state index contributed by atoms with van der Waals surface area (Å²) >= 11 is 3.67. The molecule has 1 atom stereocenters. The molecule has 82 valence electrons. The van der Waals surface area contributed by atoms with Crippen LogP contribution in [0.25, 0.3) is 0 Å². The summed E-state index contributed by atoms with van der Waals surface area (Å²) in [5.74, 6) is 0. The van der Waals surface area contributed by atoms with Crippen LogP contribution >= 0.6 is 12.8 Å². The number of carbonyl (C=O) groups excluding carboxylic acids is 1. The number of nitrogens with one attached hydrogen (secondary N) is 2. The minimum atomic E-state index is -0.223. The number of hydrogen-bond acceptors (Lipinski definition) is 4. The number of hydrogen-bond donors (Lipinski definition) is 4. The van der Waals surface area contributed by atoms with Crippen LogP contribution < -0.4 is 15.8 Å². The molecule has 1 saturated heterocycles. The van der Waals surface area contributed by atoms with Gasteiger partial charge in [-0.2, -0.15) is 0 Å². The minimum Gasteiger partial charge on any atom is -0.333 e. The lowest BCUT2D eigenvalue weighted by molar-refractivity contribution is 0.242. The monoisotopic (exact) mass is 218 g/mol. The number of nitrogens with zero attached hydrogens (tertiary/aromatic N) is 1. The van der Waals surface area contributed by atoms with E-state index >= 15 is 0 Å². The van der Waals surface area contributed by atoms with E-state index in [-0.39, 0.29) is 12.1 Å². The fourth-order valence-corrected chi connectivity index (χ4v) is 1.75. The highest BCUT2D eigenvalue weighted by atomic mass is 32.1. The van der Waals surface area contributed by atoms with Crippen LogP contribution in [-0.2, 0) is 0 Å². The molecule has 0 aromatic heterocycles. The zero-order valence-electron chi connectivity index (χ0n) is 8.20. The maximum absolute atomic E-state index is 11.0. The van der Waals surface area contributed by atoms with E-state index in [1.54, 1.807) is 0 Å². The van der Waals surface area contributed by atoms with Gasteiger partial charge in [-0.05, 0) is 25.9 Å². The summed E-state index contributed by atoms with van der Waals surface area (Å²) in [5.41, 5.74) is 5.43. The van der Waals surface area contributed by atoms with Gasteiger partial charge in [-0.15, -0.1) is 0 Å². The van der Waals surface area contributed by atoms with Gasteiger partial charge in [-0.1, -0.05) is 12.8 Å². The zero-order valence-corrected chi connectivity index (χ0v) is 9.09. The maximum Gasteiger partial charge on any atom is 0.324 e. The molecule has 0 aromatic carbocycles. The first kappa shape index (κ1) is 11.6. The summed E-state index contributed by atoms with van der Waals surface area (Å²) in [7, 11) is 0. The molecule has 0 radical (unpaired) electrons. The summed E-state index contributed by atoms with van der Waals surface area (Å²) in [6, 6.07) is 0.0268. The van der Waals surface area contributed by atoms with Gasteiger partial charge in [0, 0.05) is 19.1 Å². The first-order valence-corrected chi connectivity index (χ1v) is 5.34. The van der Waals surface area contributed by atoms with Crippen LogP contribution in [0.1, 0.15) is 12.8 Å². The highest BCUT2D eigenvalue weighted by Gasteiger charge is 2.22. The van der Waals surface area contributed by atoms with Crippen molar-refractivity contribution in [3.63, 3.8) is 0 Å². The van der Waals surface area contributed by atoms with E-state index in [1.165, 1.54) is 0 Å². The number of nitrogens with two attached hydrogens (primary N) is 1. The average molecular weight is 218 g/mol. The Bertz CT molecular complexity index is 190. The summed E-state index contributed by atoms with van der Waals surface area (Å²) in [6.07, 6.45) is 2.03. The second-order valence-corrected chi connectivity index (χ2v) is 3.74. The molecule has 14 heavy (non-hydrogen) atoms. The van der Waals surface area contributed by atoms with Gasteiger partial charge in [0.1, 0.15) is 0 Å². The van der Waals surface area contributed by atoms with Crippen LogP contribution in [0.5, 0.6) is 0 Å². The largest absolute Gasteiger partial charge is 0.333 e. The minimum absolute atomic E-state index is 0.223. The van der Waals surface area contributed by atoms with E-state index in [4.69, 9.17) is 5.73 Å². The Balaban J connectivity index is 2.17. The average Bonchev–Trinajstić information content (AvgIpc) is 2.62. The molecule has 4 N–H and O–H groups in total. The molecule has 0 bridgehead atoms. The lowest BCUT2D eigenvalue weighted by Gasteiger charge is -2.15. The fourth-order valence-electron chi connectivity index (χ4n) is 1.69. The molecule has 1 aliphatic heterocycles. The van der Waals surface area contributed by atoms with Crippen LogP contribution in [0.2, 0.25) is 0 Å². The van der Waals surface area contributed by atoms with Gasteiger partial charge in [0.2, 0.25) is 0 Å². The third-order valence-electron chi connectivity index (χ3n) is 2.39. The molecule has 0 aliphatic carbocycles. The van der Waals surface area contributed by atoms with Gasteiger partial charge < -0.3 is 16.0 Å². The second-order valence-electron chi connectivity index (χ2n) is 3.51. The number of amides is 2. The van der Waals surface area contributed by atoms with Gasteiger partial charge in [0.25, 0.3) is 0 Å². The van der Waals surface area contributed by atoms with Gasteiger partial charge >= 0.3 is 6.03 Å². The molecule has 2 amide bonds. The van der Waals surface area contributed by atoms with Gasteiger partial charge in [-0.3, -0.25) is 4.72 Å². The lowest BCUT2D eigenvalue weighted by atomic mass is 10.3. The van der Waals surface area contributed by atoms with Crippen LogP contribution in [0.15, 0.2) is 0 Å². The standard InChI is InChI=1S/C8H18N4OS/c9-3-1-4-12-5-2-7(6-12)10-8(13)11-14/h7,14H,1-6,9H2,(H2,10,11,13)/t7-/m0/s1. The molecule has 0 spiro atoms. The molecule has 6 heteroatoms. The molecule has 1 fully saturated rings. The molecule has 0 unspecified atom stereocenters. The normalized spacial score (nSPS) is 22.3. The molecule has 1 heterocycles. The van der Waals surface area contributed by atoms with E-state index in [0.29, 0.717) is 0 Å². The fraction of sp³-hybridized carbons (Fsp3) is 0.875. The number of rotatable bonds is 4. The van der Waals surface area contributed by atoms with Crippen molar-refractivity contribution >= 4 is 18.8 Å². The molecule has 0 aromatic rings. The molecule has 0 saturated carbocycles. The van der Waals surface area contributed by atoms with Crippen LogP contribution in [0.4, 0.5) is 4.79 Å². The first-order chi connectivity index (χ1) is 6.76. The first-order valence-electron chi connectivity index (χ1n) is 4.89. The van der Waals surface area contributed by atoms with Gasteiger partial charge in [0.05, 0.1) is 0 Å². The van der Waals surface area contributed by atoms with Crippen molar-refractivity contribution in [1.82, 2.24) is 14.9 Å². The summed E-state index contributed by atoms with van der Waals surface area (Å²) in [6.45, 7) is 3.71. The van der Waals surface area contributed by atoms with E-state index < -0.39 is 0 Å². The predicted molar refractivity (Wildman–Crippen MR) is 59.2 cm³/mol. The third-order valence-corrected chi connectivity index (χ3v) is 2.59. The molecular formula is C8H18N4OS. The summed E-state index contributed by atoms with van der Waals surface area (Å²) in [4.78, 5) is 13.3. The number of urea groups is 1. The maximum atomic E-state index is 11.0. The van der Waals surface area contributed by atoms with E-state index in [0.717, 1.165) is 39.0 Å². The highest BCUT2D eigenvalue weighted by molar-refractivity contribution is 7.78. The van der Waals surface area contributed by atoms with Crippen molar-refractivity contribution in [2.45, 2.75) is 18.9 Å². The Kier molecular flexibility index (Phi) is 5.06. The number of thiol groups is 1. The van der Waals surface area contributed by atoms with Crippen molar-refractivity contribution in [2.24, 2.45) is 5.73 Å². The van der Waals surface area contributed by atoms with Crippen molar-refractivity contribution in [1.29, 1.82) is 0 Å². The van der Waals surface area contributed by atoms with E-state index in [2.05, 4.69) is 27.8 Å². The van der Waals surface area contributed by atoms with Gasteiger partial charge in [-0.25, -0.2) is 4.79 Å². The quantitative estimate of drug-likeness (QED) is 0.483. The molecule has 1 rings (SSSR count). The molecule has 1 aliphatic rings. The van der Waals surface area contributed by atoms with Crippen LogP contribution in [-0.4, -0.2) is 43.2 Å². The zero-order chi connectivity index (χ0) is 10.4. The van der Waals surface area contributed by atoms with Crippen molar-refractivity contribution in [2.75, 3.05) is 26.2 Å². The predicted octanol–water partition coefficient (Wildman–Crippen LogP) is -0.446. The Hall–Kier alpha value is -0.460. The molecule has 5 nitrogen and oxygen atoms in total. The third kappa shape index (κ3) is 3.73. The van der Waals surface area contributed by atoms with Gasteiger partial charge in [0.15, 0.2) is 0 Å². The second kappa shape index (κ2) is 6.10. The Morgan fingerprint density at radius 2 is 2.43 bits per heavy atom. The van der Waals surface area contributed by atoms with Crippen LogP contribution in [0, 0.1) is 0 Å². The van der Waals surface area contributed by atoms with Crippen LogP contribution in [0.3, 0.4) is 0 Å². The highest BCUT2D eigenvalue weighted by Crippen LogP contribution is 2.08. The Labute approximate surface area is 89.9 Å². The van der Waals surface area contributed by atoms with E-state index in [1.807, 2.05) is 0 Å². The SMILES string of the molecule is NCCCN1CC[C@H](NC(=O)NS)C1.